The van der Waals surface area contributed by atoms with E-state index < -0.39 is 0 Å². The van der Waals surface area contributed by atoms with Crippen molar-refractivity contribution in [3.05, 3.63) is 0 Å². The van der Waals surface area contributed by atoms with Gasteiger partial charge in [-0.1, -0.05) is 5.16 Å². The molecular weight excluding hydrogens is 222 g/mol. The third kappa shape index (κ3) is 11.0. The van der Waals surface area contributed by atoms with Crippen LogP contribution in [0.2, 0.25) is 0 Å². The van der Waals surface area contributed by atoms with E-state index in [-0.39, 0.29) is 24.0 Å². The number of amidine groups is 1. The highest BCUT2D eigenvalue weighted by atomic mass is 16.5. The summed E-state index contributed by atoms with van der Waals surface area (Å²) in [5.41, 5.74) is 5.00. The first-order chi connectivity index (χ1) is 7.85. The largest absolute Gasteiger partial charge is 0.409 e. The summed E-state index contributed by atoms with van der Waals surface area (Å²) in [5, 5.41) is 13.9. The Morgan fingerprint density at radius 1 is 1.41 bits per heavy atom. The van der Waals surface area contributed by atoms with Gasteiger partial charge in [-0.15, -0.1) is 0 Å². The van der Waals surface area contributed by atoms with Crippen LogP contribution in [0.3, 0.4) is 0 Å². The number of rotatable bonds is 7. The molecule has 0 aliphatic rings. The van der Waals surface area contributed by atoms with Crippen LogP contribution in [0.4, 0.5) is 0 Å². The van der Waals surface area contributed by atoms with Gasteiger partial charge in [0.25, 0.3) is 0 Å². The smallest absolute Gasteiger partial charge is 0.246 e. The number of hydrogen-bond donors (Lipinski definition) is 3. The van der Waals surface area contributed by atoms with Gasteiger partial charge in [0.2, 0.25) is 5.91 Å². The van der Waals surface area contributed by atoms with Crippen LogP contribution in [-0.4, -0.2) is 35.7 Å². The summed E-state index contributed by atoms with van der Waals surface area (Å²) in [7, 11) is 0. The fraction of sp³-hybridized carbons (Fsp3) is 0.818. The molecule has 0 saturated carbocycles. The lowest BCUT2D eigenvalue weighted by Crippen LogP contribution is -2.32. The number of hydrogen-bond acceptors (Lipinski definition) is 4. The maximum Gasteiger partial charge on any atom is 0.246 e. The van der Waals surface area contributed by atoms with Crippen molar-refractivity contribution in [3.63, 3.8) is 0 Å². The van der Waals surface area contributed by atoms with Crippen molar-refractivity contribution in [3.8, 4) is 0 Å². The predicted octanol–water partition coefficient (Wildman–Crippen LogP) is 0.834. The summed E-state index contributed by atoms with van der Waals surface area (Å²) in [6.45, 7) is 6.35. The maximum atomic E-state index is 11.3. The molecular formula is C11H23N3O3. The van der Waals surface area contributed by atoms with Gasteiger partial charge in [0.15, 0.2) is 0 Å². The van der Waals surface area contributed by atoms with Crippen molar-refractivity contribution in [1.82, 2.24) is 5.32 Å². The summed E-state index contributed by atoms with van der Waals surface area (Å²) in [4.78, 5) is 11.3. The molecule has 0 fully saturated rings. The lowest BCUT2D eigenvalue weighted by molar-refractivity contribution is -0.130. The molecule has 0 unspecified atom stereocenters. The Morgan fingerprint density at radius 3 is 2.59 bits per heavy atom. The third-order valence-corrected chi connectivity index (χ3v) is 1.95. The van der Waals surface area contributed by atoms with E-state index in [1.807, 2.05) is 20.8 Å². The minimum Gasteiger partial charge on any atom is -0.409 e. The van der Waals surface area contributed by atoms with Crippen LogP contribution < -0.4 is 11.1 Å². The normalized spacial score (nSPS) is 12.5. The zero-order valence-electron chi connectivity index (χ0n) is 10.8. The number of carbonyl (C=O) groups excluding carboxylic acids is 1. The molecule has 0 aliphatic heterocycles. The van der Waals surface area contributed by atoms with Crippen LogP contribution in [0.25, 0.3) is 0 Å². The fourth-order valence-electron chi connectivity index (χ4n) is 1.04. The lowest BCUT2D eigenvalue weighted by atomic mass is 10.2. The molecule has 4 N–H and O–H groups in total. The average molecular weight is 245 g/mol. The monoisotopic (exact) mass is 245 g/mol. The second-order valence-electron chi connectivity index (χ2n) is 4.80. The molecule has 0 saturated heterocycles. The van der Waals surface area contributed by atoms with Crippen molar-refractivity contribution in [1.29, 1.82) is 0 Å². The minimum atomic E-state index is -0.302. The molecule has 0 rings (SSSR count). The Labute approximate surface area is 102 Å². The van der Waals surface area contributed by atoms with E-state index in [4.69, 9.17) is 15.7 Å². The van der Waals surface area contributed by atoms with Gasteiger partial charge >= 0.3 is 0 Å². The molecule has 0 aromatic rings. The SMILES string of the molecule is CC(C)(C)OCC(=O)NCCCCC(N)=NO. The van der Waals surface area contributed by atoms with E-state index >= 15 is 0 Å². The van der Waals surface area contributed by atoms with Gasteiger partial charge in [-0.25, -0.2) is 0 Å². The van der Waals surface area contributed by atoms with Crippen LogP contribution in [0.1, 0.15) is 40.0 Å². The van der Waals surface area contributed by atoms with E-state index in [1.165, 1.54) is 0 Å². The number of amides is 1. The van der Waals surface area contributed by atoms with Crippen LogP contribution in [0.15, 0.2) is 5.16 Å². The van der Waals surface area contributed by atoms with Crippen LogP contribution in [-0.2, 0) is 9.53 Å². The standard InChI is InChI=1S/C11H23N3O3/c1-11(2,3)17-8-10(15)13-7-5-4-6-9(12)14-16/h16H,4-8H2,1-3H3,(H2,12,14)(H,13,15). The molecule has 0 heterocycles. The molecule has 1 amide bonds. The molecule has 6 nitrogen and oxygen atoms in total. The van der Waals surface area contributed by atoms with Crippen molar-refractivity contribution in [2.45, 2.75) is 45.6 Å². The highest BCUT2D eigenvalue weighted by Gasteiger charge is 2.12. The fourth-order valence-corrected chi connectivity index (χ4v) is 1.04. The zero-order chi connectivity index (χ0) is 13.3. The molecule has 100 valence electrons. The van der Waals surface area contributed by atoms with Crippen molar-refractivity contribution in [2.24, 2.45) is 10.9 Å². The van der Waals surface area contributed by atoms with E-state index in [9.17, 15) is 4.79 Å². The van der Waals surface area contributed by atoms with E-state index in [2.05, 4.69) is 10.5 Å². The average Bonchev–Trinajstić information content (AvgIpc) is 2.24. The first-order valence-electron chi connectivity index (χ1n) is 5.72. The first kappa shape index (κ1) is 15.7. The van der Waals surface area contributed by atoms with E-state index in [0.717, 1.165) is 12.8 Å². The number of ether oxygens (including phenoxy) is 1. The van der Waals surface area contributed by atoms with Gasteiger partial charge in [0, 0.05) is 13.0 Å². The Hall–Kier alpha value is -1.30. The molecule has 0 atom stereocenters. The summed E-state index contributed by atoms with van der Waals surface area (Å²) in [6.07, 6.45) is 2.10. The van der Waals surface area contributed by atoms with Gasteiger partial charge in [-0.2, -0.15) is 0 Å². The lowest BCUT2D eigenvalue weighted by Gasteiger charge is -2.18. The number of nitrogens with two attached hydrogens (primary N) is 1. The van der Waals surface area contributed by atoms with Gasteiger partial charge in [-0.3, -0.25) is 4.79 Å². The summed E-state index contributed by atoms with van der Waals surface area (Å²) >= 11 is 0. The van der Waals surface area contributed by atoms with Crippen LogP contribution >= 0.6 is 0 Å². The molecule has 0 aliphatic carbocycles. The molecule has 0 aromatic heterocycles. The van der Waals surface area contributed by atoms with E-state index in [0.29, 0.717) is 13.0 Å². The van der Waals surface area contributed by atoms with Crippen molar-refractivity contribution in [2.75, 3.05) is 13.2 Å². The number of oxime groups is 1. The van der Waals surface area contributed by atoms with Gasteiger partial charge in [0.1, 0.15) is 12.4 Å². The van der Waals surface area contributed by atoms with Crippen molar-refractivity contribution < 1.29 is 14.7 Å². The molecule has 17 heavy (non-hydrogen) atoms. The van der Waals surface area contributed by atoms with E-state index in [1.54, 1.807) is 0 Å². The summed E-state index contributed by atoms with van der Waals surface area (Å²) in [6, 6.07) is 0. The number of nitrogens with zero attached hydrogens (tertiary/aromatic N) is 1. The zero-order valence-corrected chi connectivity index (χ0v) is 10.8. The topological polar surface area (TPSA) is 96.9 Å². The Kier molecular flexibility index (Phi) is 7.29. The Bertz CT molecular complexity index is 259. The van der Waals surface area contributed by atoms with Crippen molar-refractivity contribution >= 4 is 11.7 Å². The minimum absolute atomic E-state index is 0.0732. The van der Waals surface area contributed by atoms with Gasteiger partial charge < -0.3 is 21.0 Å². The Morgan fingerprint density at radius 2 is 2.06 bits per heavy atom. The highest BCUT2D eigenvalue weighted by molar-refractivity contribution is 5.79. The second-order valence-corrected chi connectivity index (χ2v) is 4.80. The molecule has 0 radical (unpaired) electrons. The van der Waals surface area contributed by atoms with Crippen LogP contribution in [0.5, 0.6) is 0 Å². The highest BCUT2D eigenvalue weighted by Crippen LogP contribution is 2.05. The number of carbonyl (C=O) groups is 1. The van der Waals surface area contributed by atoms with Crippen LogP contribution in [0, 0.1) is 0 Å². The Balaban J connectivity index is 3.46. The van der Waals surface area contributed by atoms with Gasteiger partial charge in [-0.05, 0) is 33.6 Å². The number of nitrogens with one attached hydrogen (secondary N) is 1. The maximum absolute atomic E-state index is 11.3. The second kappa shape index (κ2) is 7.89. The summed E-state index contributed by atoms with van der Waals surface area (Å²) < 4.78 is 5.32. The van der Waals surface area contributed by atoms with Gasteiger partial charge in [0.05, 0.1) is 5.60 Å². The quantitative estimate of drug-likeness (QED) is 0.203. The molecule has 0 spiro atoms. The summed E-state index contributed by atoms with van der Waals surface area (Å²) in [5.74, 6) is 0.0936. The predicted molar refractivity (Wildman–Crippen MR) is 66.0 cm³/mol. The molecule has 0 bridgehead atoms. The number of unbranched alkanes of at least 4 members (excludes halogenated alkanes) is 1. The third-order valence-electron chi connectivity index (χ3n) is 1.95. The molecule has 6 heteroatoms. The first-order valence-corrected chi connectivity index (χ1v) is 5.72. The molecule has 0 aromatic carbocycles.